The second-order valence-electron chi connectivity index (χ2n) is 12.5. The van der Waals surface area contributed by atoms with Crippen LogP contribution in [0, 0.1) is 31.0 Å². The molecule has 1 unspecified atom stereocenters. The Morgan fingerprint density at radius 3 is 2.23 bits per heavy atom. The largest absolute Gasteiger partial charge is 0.478 e. The lowest BCUT2D eigenvalue weighted by atomic mass is 10.00. The van der Waals surface area contributed by atoms with Crippen LogP contribution in [0.15, 0.2) is 84.9 Å². The molecule has 0 spiro atoms. The maximum Gasteiger partial charge on any atom is 0.335 e. The van der Waals surface area contributed by atoms with E-state index < -0.39 is 5.97 Å². The highest BCUT2D eigenvalue weighted by molar-refractivity contribution is 5.97. The number of likely N-dealkylation sites (tertiary alicyclic amines) is 1. The minimum atomic E-state index is -0.999. The van der Waals surface area contributed by atoms with Gasteiger partial charge in [-0.15, -0.1) is 0 Å². The molecule has 1 aliphatic heterocycles. The average molecular weight is 649 g/mol. The number of piperidine rings is 1. The van der Waals surface area contributed by atoms with E-state index in [1.165, 1.54) is 24.3 Å². The molecule has 5 rings (SSSR count). The molecule has 0 aromatic heterocycles. The highest BCUT2D eigenvalue weighted by Gasteiger charge is 2.26. The fourth-order valence-corrected chi connectivity index (χ4v) is 6.26. The van der Waals surface area contributed by atoms with Crippen molar-refractivity contribution >= 4 is 17.6 Å². The molecule has 48 heavy (non-hydrogen) atoms. The van der Waals surface area contributed by atoms with E-state index in [9.17, 15) is 19.2 Å². The Morgan fingerprint density at radius 2 is 1.62 bits per heavy atom. The lowest BCUT2D eigenvalue weighted by molar-refractivity contribution is 0.0696. The number of halogens is 1. The summed E-state index contributed by atoms with van der Waals surface area (Å²) in [6.07, 6.45) is 2.57. The van der Waals surface area contributed by atoms with Gasteiger partial charge in [0.15, 0.2) is 0 Å². The molecule has 1 saturated heterocycles. The number of carboxylic acid groups (broad SMARTS) is 1. The van der Waals surface area contributed by atoms with Gasteiger partial charge in [0.1, 0.15) is 17.3 Å². The number of rotatable bonds is 12. The first kappa shape index (κ1) is 34.1. The number of carboxylic acids is 1. The number of hydrogen-bond donors (Lipinski definition) is 2. The van der Waals surface area contributed by atoms with Crippen LogP contribution >= 0.6 is 0 Å². The summed E-state index contributed by atoms with van der Waals surface area (Å²) in [6.45, 7) is 8.87. The maximum absolute atomic E-state index is 15.0. The molecule has 0 bridgehead atoms. The van der Waals surface area contributed by atoms with Crippen LogP contribution in [0.3, 0.4) is 0 Å². The van der Waals surface area contributed by atoms with Gasteiger partial charge in [0.25, 0.3) is 5.91 Å². The summed E-state index contributed by atoms with van der Waals surface area (Å²) < 4.78 is 20.9. The predicted octanol–water partition coefficient (Wildman–Crippen LogP) is 7.48. The lowest BCUT2D eigenvalue weighted by Gasteiger charge is -2.40. The van der Waals surface area contributed by atoms with E-state index in [-0.39, 0.29) is 29.4 Å². The Kier molecular flexibility index (Phi) is 11.1. The number of benzene rings is 4. The Morgan fingerprint density at radius 1 is 1.00 bits per heavy atom. The molecular weight excluding hydrogens is 607 g/mol. The summed E-state index contributed by atoms with van der Waals surface area (Å²) in [5.74, 6) is -0.272. The number of nitrogens with one attached hydrogen (secondary N) is 1. The number of carbonyl (C=O) groups is 2. The summed E-state index contributed by atoms with van der Waals surface area (Å²) in [7, 11) is 0. The standard InChI is InChI=1S/C39H41FN4O4/c1-26-5-4-6-27(2)37(26)38(45)42-28(3)17-20-43-21-18-33(19-22-43)44(25-31-23-29(24-41)7-16-36(31)40)32-10-14-35(15-11-32)48-34-12-8-30(9-13-34)39(46)47/h4-16,23,28,33H,17-22,25H2,1-3H3,(H,42,45)(H,46,47). The van der Waals surface area contributed by atoms with Gasteiger partial charge in [-0.1, -0.05) is 18.2 Å². The SMILES string of the molecule is Cc1cccc(C)c1C(=O)NC(C)CCN1CCC(N(Cc2cc(C#N)ccc2F)c2ccc(Oc3ccc(C(=O)O)cc3)cc2)CC1. The van der Waals surface area contributed by atoms with Crippen molar-refractivity contribution in [2.24, 2.45) is 0 Å². The van der Waals surface area contributed by atoms with Crippen molar-refractivity contribution < 1.29 is 23.8 Å². The van der Waals surface area contributed by atoms with Crippen LogP contribution in [0.5, 0.6) is 11.5 Å². The molecule has 1 aliphatic rings. The second-order valence-corrected chi connectivity index (χ2v) is 12.5. The number of carbonyl (C=O) groups excluding carboxylic acids is 1. The fraction of sp³-hybridized carbons (Fsp3) is 0.308. The molecule has 0 aliphatic carbocycles. The number of hydrogen-bond acceptors (Lipinski definition) is 6. The summed E-state index contributed by atoms with van der Waals surface area (Å²) in [5.41, 5.74) is 4.66. The summed E-state index contributed by atoms with van der Waals surface area (Å²) >= 11 is 0. The topological polar surface area (TPSA) is 106 Å². The molecule has 1 fully saturated rings. The Bertz CT molecular complexity index is 1760. The van der Waals surface area contributed by atoms with E-state index >= 15 is 0 Å². The lowest BCUT2D eigenvalue weighted by Crippen LogP contribution is -2.46. The first-order valence-corrected chi connectivity index (χ1v) is 16.3. The molecule has 0 radical (unpaired) electrons. The van der Waals surface area contributed by atoms with Crippen LogP contribution in [0.2, 0.25) is 0 Å². The Hall–Kier alpha value is -5.20. The van der Waals surface area contributed by atoms with Gasteiger partial charge in [0.2, 0.25) is 0 Å². The zero-order chi connectivity index (χ0) is 34.2. The number of ether oxygens (including phenoxy) is 1. The van der Waals surface area contributed by atoms with E-state index in [0.29, 0.717) is 29.2 Å². The molecular formula is C39H41FN4O4. The second kappa shape index (κ2) is 15.6. The summed E-state index contributed by atoms with van der Waals surface area (Å²) in [4.78, 5) is 28.7. The molecule has 1 heterocycles. The van der Waals surface area contributed by atoms with Gasteiger partial charge in [-0.05, 0) is 118 Å². The smallest absolute Gasteiger partial charge is 0.335 e. The van der Waals surface area contributed by atoms with Crippen LogP contribution in [-0.4, -0.2) is 53.6 Å². The van der Waals surface area contributed by atoms with Crippen molar-refractivity contribution in [2.45, 2.75) is 58.7 Å². The van der Waals surface area contributed by atoms with Gasteiger partial charge < -0.3 is 25.0 Å². The number of amides is 1. The van der Waals surface area contributed by atoms with Crippen molar-refractivity contribution in [1.29, 1.82) is 5.26 Å². The Balaban J connectivity index is 1.23. The van der Waals surface area contributed by atoms with Crippen LogP contribution < -0.4 is 15.0 Å². The maximum atomic E-state index is 15.0. The van der Waals surface area contributed by atoms with Gasteiger partial charge >= 0.3 is 5.97 Å². The molecule has 4 aromatic carbocycles. The van der Waals surface area contributed by atoms with E-state index in [0.717, 1.165) is 61.3 Å². The number of aromatic carboxylic acids is 1. The first-order chi connectivity index (χ1) is 23.1. The van der Waals surface area contributed by atoms with Gasteiger partial charge in [-0.25, -0.2) is 9.18 Å². The average Bonchev–Trinajstić information content (AvgIpc) is 3.08. The molecule has 4 aromatic rings. The molecule has 8 nitrogen and oxygen atoms in total. The van der Waals surface area contributed by atoms with Crippen molar-refractivity contribution in [3.05, 3.63) is 124 Å². The zero-order valence-corrected chi connectivity index (χ0v) is 27.6. The summed E-state index contributed by atoms with van der Waals surface area (Å²) in [6, 6.07) is 26.4. The number of nitrogens with zero attached hydrogens (tertiary/aromatic N) is 3. The minimum absolute atomic E-state index is 0.0250. The highest BCUT2D eigenvalue weighted by atomic mass is 19.1. The van der Waals surface area contributed by atoms with E-state index in [2.05, 4.69) is 21.2 Å². The predicted molar refractivity (Wildman–Crippen MR) is 184 cm³/mol. The molecule has 1 amide bonds. The van der Waals surface area contributed by atoms with Crippen LogP contribution in [-0.2, 0) is 6.54 Å². The van der Waals surface area contributed by atoms with Crippen molar-refractivity contribution in [2.75, 3.05) is 24.5 Å². The zero-order valence-electron chi connectivity index (χ0n) is 27.6. The van der Waals surface area contributed by atoms with Crippen molar-refractivity contribution in [3.63, 3.8) is 0 Å². The fourth-order valence-electron chi connectivity index (χ4n) is 6.26. The number of aryl methyl sites for hydroxylation is 2. The van der Waals surface area contributed by atoms with Gasteiger partial charge in [0.05, 0.1) is 17.2 Å². The van der Waals surface area contributed by atoms with Crippen LogP contribution in [0.1, 0.15) is 69.2 Å². The first-order valence-electron chi connectivity index (χ1n) is 16.3. The quantitative estimate of drug-likeness (QED) is 0.164. The molecule has 9 heteroatoms. The number of anilines is 1. The van der Waals surface area contributed by atoms with Crippen LogP contribution in [0.4, 0.5) is 10.1 Å². The van der Waals surface area contributed by atoms with Gasteiger partial charge in [-0.3, -0.25) is 4.79 Å². The van der Waals surface area contributed by atoms with E-state index in [1.54, 1.807) is 18.2 Å². The van der Waals surface area contributed by atoms with Gasteiger partial charge in [-0.2, -0.15) is 5.26 Å². The third-order valence-electron chi connectivity index (χ3n) is 8.98. The monoisotopic (exact) mass is 648 g/mol. The normalized spacial score (nSPS) is 14.1. The van der Waals surface area contributed by atoms with Crippen molar-refractivity contribution in [1.82, 2.24) is 10.2 Å². The summed E-state index contributed by atoms with van der Waals surface area (Å²) in [5, 5.41) is 21.8. The van der Waals surface area contributed by atoms with Crippen molar-refractivity contribution in [3.8, 4) is 17.6 Å². The Labute approximate surface area is 281 Å². The minimum Gasteiger partial charge on any atom is -0.478 e. The van der Waals surface area contributed by atoms with Gasteiger partial charge in [0, 0.05) is 55.1 Å². The third kappa shape index (κ3) is 8.58. The molecule has 2 N–H and O–H groups in total. The van der Waals surface area contributed by atoms with E-state index in [1.807, 2.05) is 63.2 Å². The highest BCUT2D eigenvalue weighted by Crippen LogP contribution is 2.30. The molecule has 248 valence electrons. The molecule has 0 saturated carbocycles. The third-order valence-corrected chi connectivity index (χ3v) is 8.98. The van der Waals surface area contributed by atoms with E-state index in [4.69, 9.17) is 9.84 Å². The number of nitriles is 1. The molecule has 1 atom stereocenters. The van der Waals surface area contributed by atoms with Crippen LogP contribution in [0.25, 0.3) is 0 Å².